The normalized spacial score (nSPS) is 11.0. The van der Waals surface area contributed by atoms with E-state index in [9.17, 15) is 15.2 Å². The van der Waals surface area contributed by atoms with Crippen LogP contribution in [0.5, 0.6) is 0 Å². The molecule has 1 aromatic heterocycles. The van der Waals surface area contributed by atoms with Crippen LogP contribution < -0.4 is 0 Å². The number of aliphatic hydroxyl groups excluding tert-OH is 1. The molecule has 0 aliphatic carbocycles. The summed E-state index contributed by atoms with van der Waals surface area (Å²) in [4.78, 5) is 10.5. The molecule has 0 aliphatic rings. The molecule has 0 atom stereocenters. The summed E-state index contributed by atoms with van der Waals surface area (Å²) in [5.41, 5.74) is 1.93. The van der Waals surface area contributed by atoms with E-state index in [1.54, 1.807) is 16.8 Å². The number of aliphatic hydroxyl groups is 1. The lowest BCUT2D eigenvalue weighted by molar-refractivity contribution is -0.384. The van der Waals surface area contributed by atoms with Gasteiger partial charge in [-0.15, -0.1) is 5.10 Å². The molecule has 0 unspecified atom stereocenters. The lowest BCUT2D eigenvalue weighted by Crippen LogP contribution is -2.09. The fourth-order valence-electron chi connectivity index (χ4n) is 2.45. The van der Waals surface area contributed by atoms with E-state index in [1.807, 2.05) is 0 Å². The molecule has 112 valence electrons. The first-order chi connectivity index (χ1) is 10.1. The molecule has 0 fully saturated rings. The topological polar surface area (TPSA) is 94.1 Å². The molecule has 0 saturated carbocycles. The summed E-state index contributed by atoms with van der Waals surface area (Å²) in [5, 5.41) is 28.4. The highest BCUT2D eigenvalue weighted by atomic mass is 16.6. The molecule has 1 N–H and O–H groups in total. The highest BCUT2D eigenvalue weighted by Crippen LogP contribution is 2.28. The predicted octanol–water partition coefficient (Wildman–Crippen LogP) is 2.57. The van der Waals surface area contributed by atoms with Gasteiger partial charge >= 0.3 is 0 Å². The minimum Gasteiger partial charge on any atom is -0.390 e. The van der Waals surface area contributed by atoms with Gasteiger partial charge in [0, 0.05) is 18.1 Å². The van der Waals surface area contributed by atoms with Gasteiger partial charge < -0.3 is 5.11 Å². The van der Waals surface area contributed by atoms with Crippen molar-refractivity contribution in [3.8, 4) is 5.69 Å². The Morgan fingerprint density at radius 1 is 1.38 bits per heavy atom. The second-order valence-corrected chi connectivity index (χ2v) is 4.78. The zero-order valence-electron chi connectivity index (χ0n) is 12.1. The van der Waals surface area contributed by atoms with Crippen LogP contribution in [0.1, 0.15) is 44.0 Å². The Morgan fingerprint density at radius 3 is 2.67 bits per heavy atom. The van der Waals surface area contributed by atoms with E-state index in [2.05, 4.69) is 24.2 Å². The van der Waals surface area contributed by atoms with Crippen molar-refractivity contribution in [2.24, 2.45) is 0 Å². The fraction of sp³-hybridized carbons (Fsp3) is 0.429. The van der Waals surface area contributed by atoms with Crippen LogP contribution in [0.25, 0.3) is 5.69 Å². The molecule has 1 aromatic carbocycles. The largest absolute Gasteiger partial charge is 0.390 e. The summed E-state index contributed by atoms with van der Waals surface area (Å²) in [6.45, 7) is 3.92. The van der Waals surface area contributed by atoms with Crippen molar-refractivity contribution >= 4 is 5.69 Å². The zero-order valence-corrected chi connectivity index (χ0v) is 12.1. The van der Waals surface area contributed by atoms with Crippen molar-refractivity contribution in [1.82, 2.24) is 15.0 Å². The van der Waals surface area contributed by atoms with Crippen molar-refractivity contribution in [3.63, 3.8) is 0 Å². The van der Waals surface area contributed by atoms with E-state index < -0.39 is 4.92 Å². The lowest BCUT2D eigenvalue weighted by Gasteiger charge is -2.15. The molecule has 2 aromatic rings. The van der Waals surface area contributed by atoms with E-state index >= 15 is 0 Å². The van der Waals surface area contributed by atoms with Crippen LogP contribution in [-0.2, 0) is 6.61 Å². The van der Waals surface area contributed by atoms with E-state index in [1.165, 1.54) is 12.1 Å². The van der Waals surface area contributed by atoms with Gasteiger partial charge in [0.25, 0.3) is 5.69 Å². The third kappa shape index (κ3) is 2.92. The molecule has 7 heteroatoms. The number of rotatable bonds is 6. The Balaban J connectivity index is 2.56. The van der Waals surface area contributed by atoms with E-state index in [4.69, 9.17) is 0 Å². The maximum absolute atomic E-state index is 10.9. The minimum atomic E-state index is -0.440. The number of nitrogens with zero attached hydrogens (tertiary/aromatic N) is 4. The first kappa shape index (κ1) is 15.1. The minimum absolute atomic E-state index is 0.00375. The molecule has 0 saturated heterocycles. The third-order valence-corrected chi connectivity index (χ3v) is 3.59. The molecular weight excluding hydrogens is 272 g/mol. The van der Waals surface area contributed by atoms with Gasteiger partial charge in [0.05, 0.1) is 22.9 Å². The van der Waals surface area contributed by atoms with Crippen LogP contribution >= 0.6 is 0 Å². The lowest BCUT2D eigenvalue weighted by atomic mass is 9.97. The maximum Gasteiger partial charge on any atom is 0.271 e. The van der Waals surface area contributed by atoms with Gasteiger partial charge in [-0.1, -0.05) is 25.1 Å². The Bertz CT molecular complexity index is 635. The standard InChI is InChI=1S/C14H18N4O3/c1-3-10(4-2)14-13(9-19)15-16-17(14)11-6-5-7-12(8-11)18(20)21/h5-8,10,19H,3-4,9H2,1-2H3. The van der Waals surface area contributed by atoms with Gasteiger partial charge in [-0.3, -0.25) is 10.1 Å². The summed E-state index contributed by atoms with van der Waals surface area (Å²) < 4.78 is 1.59. The van der Waals surface area contributed by atoms with Crippen LogP contribution in [0.3, 0.4) is 0 Å². The number of hydrogen-bond donors (Lipinski definition) is 1. The summed E-state index contributed by atoms with van der Waals surface area (Å²) in [6.07, 6.45) is 1.76. The third-order valence-electron chi connectivity index (χ3n) is 3.59. The maximum atomic E-state index is 10.9. The van der Waals surface area contributed by atoms with Gasteiger partial charge in [0.1, 0.15) is 5.69 Å². The van der Waals surface area contributed by atoms with Crippen molar-refractivity contribution < 1.29 is 10.0 Å². The molecule has 0 aliphatic heterocycles. The molecule has 7 nitrogen and oxygen atoms in total. The number of nitro benzene ring substituents is 1. The molecular formula is C14H18N4O3. The highest BCUT2D eigenvalue weighted by Gasteiger charge is 2.21. The Kier molecular flexibility index (Phi) is 4.64. The van der Waals surface area contributed by atoms with Gasteiger partial charge in [0.2, 0.25) is 0 Å². The van der Waals surface area contributed by atoms with Crippen molar-refractivity contribution in [3.05, 3.63) is 45.8 Å². The van der Waals surface area contributed by atoms with Crippen LogP contribution in [0, 0.1) is 10.1 Å². The average Bonchev–Trinajstić information content (AvgIpc) is 2.92. The monoisotopic (exact) mass is 290 g/mol. The van der Waals surface area contributed by atoms with Crippen LogP contribution in [0.4, 0.5) is 5.69 Å². The number of aromatic nitrogens is 3. The van der Waals surface area contributed by atoms with Crippen molar-refractivity contribution in [2.75, 3.05) is 0 Å². The molecule has 0 amide bonds. The van der Waals surface area contributed by atoms with Crippen LogP contribution in [-0.4, -0.2) is 25.0 Å². The van der Waals surface area contributed by atoms with Crippen molar-refractivity contribution in [1.29, 1.82) is 0 Å². The second-order valence-electron chi connectivity index (χ2n) is 4.78. The fourth-order valence-corrected chi connectivity index (χ4v) is 2.45. The van der Waals surface area contributed by atoms with Gasteiger partial charge in [0.15, 0.2) is 0 Å². The highest BCUT2D eigenvalue weighted by molar-refractivity contribution is 5.44. The summed E-state index contributed by atoms with van der Waals surface area (Å²) >= 11 is 0. The van der Waals surface area contributed by atoms with Gasteiger partial charge in [-0.25, -0.2) is 4.68 Å². The summed E-state index contributed by atoms with van der Waals surface area (Å²) in [6, 6.07) is 6.26. The Labute approximate surface area is 122 Å². The van der Waals surface area contributed by atoms with E-state index in [-0.39, 0.29) is 18.2 Å². The van der Waals surface area contributed by atoms with Crippen LogP contribution in [0.15, 0.2) is 24.3 Å². The SMILES string of the molecule is CCC(CC)c1c(CO)nnn1-c1cccc([N+](=O)[O-])c1. The molecule has 1 heterocycles. The Hall–Kier alpha value is -2.28. The summed E-state index contributed by atoms with van der Waals surface area (Å²) in [5.74, 6) is 0.196. The van der Waals surface area contributed by atoms with E-state index in [0.29, 0.717) is 11.4 Å². The first-order valence-electron chi connectivity index (χ1n) is 6.92. The Morgan fingerprint density at radius 2 is 2.10 bits per heavy atom. The van der Waals surface area contributed by atoms with Gasteiger partial charge in [-0.05, 0) is 18.9 Å². The quantitative estimate of drug-likeness (QED) is 0.651. The summed E-state index contributed by atoms with van der Waals surface area (Å²) in [7, 11) is 0. The van der Waals surface area contributed by atoms with E-state index in [0.717, 1.165) is 18.5 Å². The number of benzene rings is 1. The molecule has 0 bridgehead atoms. The van der Waals surface area contributed by atoms with Crippen molar-refractivity contribution in [2.45, 2.75) is 39.2 Å². The molecule has 21 heavy (non-hydrogen) atoms. The molecule has 0 spiro atoms. The first-order valence-corrected chi connectivity index (χ1v) is 6.92. The second kappa shape index (κ2) is 6.45. The molecule has 2 rings (SSSR count). The van der Waals surface area contributed by atoms with Gasteiger partial charge in [-0.2, -0.15) is 0 Å². The zero-order chi connectivity index (χ0) is 15.4. The van der Waals surface area contributed by atoms with Crippen LogP contribution in [0.2, 0.25) is 0 Å². The smallest absolute Gasteiger partial charge is 0.271 e. The molecule has 0 radical (unpaired) electrons. The number of nitro groups is 1. The number of non-ortho nitro benzene ring substituents is 1. The number of hydrogen-bond acceptors (Lipinski definition) is 5. The predicted molar refractivity (Wildman–Crippen MR) is 77.3 cm³/mol. The average molecular weight is 290 g/mol.